The van der Waals surface area contributed by atoms with Crippen LogP contribution in [-0.4, -0.2) is 69.8 Å². The highest BCUT2D eigenvalue weighted by molar-refractivity contribution is 5.78. The van der Waals surface area contributed by atoms with E-state index in [1.54, 1.807) is 39.7 Å². The van der Waals surface area contributed by atoms with Crippen molar-refractivity contribution in [3.8, 4) is 23.3 Å². The summed E-state index contributed by atoms with van der Waals surface area (Å²) in [5.41, 5.74) is 1.45. The van der Waals surface area contributed by atoms with Crippen LogP contribution in [0.4, 0.5) is 5.82 Å². The summed E-state index contributed by atoms with van der Waals surface area (Å²) in [6.07, 6.45) is 1.65. The molecule has 1 saturated heterocycles. The lowest BCUT2D eigenvalue weighted by Gasteiger charge is -2.35. The Morgan fingerprint density at radius 2 is 1.77 bits per heavy atom. The number of piperazine rings is 1. The molecule has 0 aliphatic carbocycles. The van der Waals surface area contributed by atoms with E-state index >= 15 is 0 Å². The van der Waals surface area contributed by atoms with Crippen molar-refractivity contribution >= 4 is 11.7 Å². The molecule has 0 spiro atoms. The molecular formula is C22H27N5O4. The summed E-state index contributed by atoms with van der Waals surface area (Å²) in [7, 11) is 4.68. The number of nitriles is 1. The summed E-state index contributed by atoms with van der Waals surface area (Å²) in [6, 6.07) is 9.27. The Hall–Kier alpha value is -3.51. The number of nitrogens with one attached hydrogen (secondary N) is 1. The van der Waals surface area contributed by atoms with Crippen LogP contribution >= 0.6 is 0 Å². The smallest absolute Gasteiger partial charge is 0.234 e. The van der Waals surface area contributed by atoms with Gasteiger partial charge in [-0.25, -0.2) is 4.98 Å². The predicted octanol–water partition coefficient (Wildman–Crippen LogP) is 1.42. The van der Waals surface area contributed by atoms with Gasteiger partial charge in [0.2, 0.25) is 11.7 Å². The normalized spacial score (nSPS) is 13.9. The molecule has 1 N–H and O–H groups in total. The van der Waals surface area contributed by atoms with Gasteiger partial charge in [-0.05, 0) is 29.8 Å². The van der Waals surface area contributed by atoms with E-state index < -0.39 is 0 Å². The second-order valence-corrected chi connectivity index (χ2v) is 7.09. The molecular weight excluding hydrogens is 398 g/mol. The fraction of sp³-hybridized carbons (Fsp3) is 0.409. The maximum absolute atomic E-state index is 12.4. The Labute approximate surface area is 182 Å². The van der Waals surface area contributed by atoms with E-state index in [4.69, 9.17) is 19.5 Å². The van der Waals surface area contributed by atoms with Crippen LogP contribution in [0.1, 0.15) is 11.1 Å². The van der Waals surface area contributed by atoms with E-state index in [-0.39, 0.29) is 5.91 Å². The lowest BCUT2D eigenvalue weighted by Crippen LogP contribution is -2.49. The number of aromatic nitrogens is 1. The molecule has 0 unspecified atom stereocenters. The first-order valence-electron chi connectivity index (χ1n) is 9.97. The fourth-order valence-electron chi connectivity index (χ4n) is 3.49. The summed E-state index contributed by atoms with van der Waals surface area (Å²) >= 11 is 0. The van der Waals surface area contributed by atoms with Gasteiger partial charge in [-0.3, -0.25) is 9.69 Å². The van der Waals surface area contributed by atoms with Crippen LogP contribution < -0.4 is 24.4 Å². The number of hydrogen-bond acceptors (Lipinski definition) is 8. The largest absolute Gasteiger partial charge is 0.493 e. The maximum Gasteiger partial charge on any atom is 0.234 e. The molecule has 1 aliphatic heterocycles. The number of benzene rings is 1. The molecule has 0 bridgehead atoms. The number of methoxy groups -OCH3 is 3. The Morgan fingerprint density at radius 3 is 2.35 bits per heavy atom. The summed E-state index contributed by atoms with van der Waals surface area (Å²) in [5, 5.41) is 12.0. The molecule has 0 radical (unpaired) electrons. The molecule has 9 nitrogen and oxygen atoms in total. The zero-order valence-electron chi connectivity index (χ0n) is 18.1. The van der Waals surface area contributed by atoms with Crippen molar-refractivity contribution in [3.63, 3.8) is 0 Å². The molecule has 164 valence electrons. The Bertz CT molecular complexity index is 926. The highest BCUT2D eigenvalue weighted by Crippen LogP contribution is 2.38. The first-order chi connectivity index (χ1) is 15.1. The maximum atomic E-state index is 12.4. The molecule has 2 aromatic rings. The molecule has 0 saturated carbocycles. The molecule has 1 aliphatic rings. The van der Waals surface area contributed by atoms with Crippen molar-refractivity contribution in [1.82, 2.24) is 15.2 Å². The van der Waals surface area contributed by atoms with Gasteiger partial charge in [0.15, 0.2) is 11.5 Å². The van der Waals surface area contributed by atoms with Crippen LogP contribution in [0.25, 0.3) is 0 Å². The number of anilines is 1. The molecule has 0 atom stereocenters. The first-order valence-corrected chi connectivity index (χ1v) is 9.97. The number of ether oxygens (including phenoxy) is 3. The van der Waals surface area contributed by atoms with Gasteiger partial charge in [-0.2, -0.15) is 5.26 Å². The van der Waals surface area contributed by atoms with Crippen molar-refractivity contribution < 1.29 is 19.0 Å². The van der Waals surface area contributed by atoms with Crippen molar-refractivity contribution in [2.45, 2.75) is 6.54 Å². The minimum atomic E-state index is -0.0493. The van der Waals surface area contributed by atoms with Crippen LogP contribution in [0, 0.1) is 11.3 Å². The van der Waals surface area contributed by atoms with Gasteiger partial charge in [0.05, 0.1) is 39.5 Å². The average Bonchev–Trinajstić information content (AvgIpc) is 2.82. The molecule has 2 heterocycles. The highest BCUT2D eigenvalue weighted by atomic mass is 16.5. The molecule has 1 amide bonds. The first kappa shape index (κ1) is 22.2. The SMILES string of the molecule is COc1cc(CNC(=O)CN2CCN(c3cc(C#N)ccn3)CC2)cc(OC)c1OC. The van der Waals surface area contributed by atoms with Crippen LogP contribution in [0.3, 0.4) is 0 Å². The van der Waals surface area contributed by atoms with Gasteiger partial charge in [-0.1, -0.05) is 0 Å². The van der Waals surface area contributed by atoms with Crippen LogP contribution in [0.5, 0.6) is 17.2 Å². The Morgan fingerprint density at radius 1 is 1.10 bits per heavy atom. The molecule has 1 aromatic carbocycles. The summed E-state index contributed by atoms with van der Waals surface area (Å²) in [5.74, 6) is 2.37. The minimum Gasteiger partial charge on any atom is -0.493 e. The molecule has 1 aromatic heterocycles. The lowest BCUT2D eigenvalue weighted by atomic mass is 10.1. The summed E-state index contributed by atoms with van der Waals surface area (Å²) in [4.78, 5) is 21.0. The van der Waals surface area contributed by atoms with Crippen LogP contribution in [0.15, 0.2) is 30.5 Å². The van der Waals surface area contributed by atoms with Crippen LogP contribution in [0.2, 0.25) is 0 Å². The van der Waals surface area contributed by atoms with Gasteiger partial charge < -0.3 is 24.4 Å². The van der Waals surface area contributed by atoms with E-state index in [0.717, 1.165) is 37.6 Å². The van der Waals surface area contributed by atoms with E-state index in [0.29, 0.717) is 35.9 Å². The summed E-state index contributed by atoms with van der Waals surface area (Å²) in [6.45, 7) is 3.68. The van der Waals surface area contributed by atoms with E-state index in [1.165, 1.54) is 0 Å². The van der Waals surface area contributed by atoms with Crippen molar-refractivity contribution in [3.05, 3.63) is 41.6 Å². The average molecular weight is 425 g/mol. The predicted molar refractivity (Wildman–Crippen MR) is 116 cm³/mol. The number of pyridine rings is 1. The number of hydrogen-bond donors (Lipinski definition) is 1. The van der Waals surface area contributed by atoms with E-state index in [2.05, 4.69) is 26.2 Å². The van der Waals surface area contributed by atoms with Crippen molar-refractivity contribution in [2.75, 3.05) is 59.0 Å². The topological polar surface area (TPSA) is 100.0 Å². The Kier molecular flexibility index (Phi) is 7.51. The highest BCUT2D eigenvalue weighted by Gasteiger charge is 2.20. The van der Waals surface area contributed by atoms with Crippen molar-refractivity contribution in [1.29, 1.82) is 5.26 Å². The fourth-order valence-corrected chi connectivity index (χ4v) is 3.49. The standard InChI is InChI=1S/C22H27N5O4/c1-29-18-10-17(11-19(30-2)22(18)31-3)14-25-21(28)15-26-6-8-27(9-7-26)20-12-16(13-23)4-5-24-20/h4-5,10-12H,6-9,14-15H2,1-3H3,(H,25,28). The molecule has 1 fully saturated rings. The van der Waals surface area contributed by atoms with Gasteiger partial charge in [0, 0.05) is 38.9 Å². The van der Waals surface area contributed by atoms with Crippen LogP contribution in [-0.2, 0) is 11.3 Å². The zero-order valence-corrected chi connectivity index (χ0v) is 18.1. The second kappa shape index (κ2) is 10.5. The van der Waals surface area contributed by atoms with Gasteiger partial charge in [0.1, 0.15) is 5.82 Å². The number of carbonyl (C=O) groups is 1. The molecule has 3 rings (SSSR count). The minimum absolute atomic E-state index is 0.0493. The van der Waals surface area contributed by atoms with Gasteiger partial charge in [0.25, 0.3) is 0 Å². The van der Waals surface area contributed by atoms with E-state index in [9.17, 15) is 4.79 Å². The number of nitrogens with zero attached hydrogens (tertiary/aromatic N) is 4. The third kappa shape index (κ3) is 5.55. The number of amides is 1. The summed E-state index contributed by atoms with van der Waals surface area (Å²) < 4.78 is 16.0. The third-order valence-electron chi connectivity index (χ3n) is 5.15. The quantitative estimate of drug-likeness (QED) is 0.678. The lowest BCUT2D eigenvalue weighted by molar-refractivity contribution is -0.122. The van der Waals surface area contributed by atoms with Gasteiger partial charge >= 0.3 is 0 Å². The van der Waals surface area contributed by atoms with Crippen molar-refractivity contribution in [2.24, 2.45) is 0 Å². The zero-order chi connectivity index (χ0) is 22.2. The molecule has 9 heteroatoms. The third-order valence-corrected chi connectivity index (χ3v) is 5.15. The monoisotopic (exact) mass is 425 g/mol. The number of carbonyl (C=O) groups excluding carboxylic acids is 1. The molecule has 31 heavy (non-hydrogen) atoms. The second-order valence-electron chi connectivity index (χ2n) is 7.09. The van der Waals surface area contributed by atoms with E-state index in [1.807, 2.05) is 12.1 Å². The van der Waals surface area contributed by atoms with Gasteiger partial charge in [-0.15, -0.1) is 0 Å². The Balaban J connectivity index is 1.50. The number of rotatable bonds is 8.